The van der Waals surface area contributed by atoms with Crippen molar-refractivity contribution >= 4 is 5.69 Å². The number of hydrogen-bond acceptors (Lipinski definition) is 3. The topological polar surface area (TPSA) is 36.4 Å². The summed E-state index contributed by atoms with van der Waals surface area (Å²) in [5.74, 6) is 0. The molecule has 0 unspecified atom stereocenters. The maximum atomic E-state index is 9.88. The van der Waals surface area contributed by atoms with Gasteiger partial charge in [-0.15, -0.1) is 0 Å². The SMILES string of the molecule is CCc1ccc(N2CCC(C)(O)CC2)cn1. The second-order valence-corrected chi connectivity index (χ2v) is 4.85. The van der Waals surface area contributed by atoms with E-state index in [0.717, 1.165) is 38.0 Å². The highest BCUT2D eigenvalue weighted by Crippen LogP contribution is 2.25. The molecule has 1 aliphatic rings. The van der Waals surface area contributed by atoms with Gasteiger partial charge in [-0.25, -0.2) is 0 Å². The zero-order valence-corrected chi connectivity index (χ0v) is 10.1. The van der Waals surface area contributed by atoms with E-state index in [4.69, 9.17) is 0 Å². The third kappa shape index (κ3) is 2.53. The minimum absolute atomic E-state index is 0.479. The van der Waals surface area contributed by atoms with Gasteiger partial charge in [-0.1, -0.05) is 6.92 Å². The Morgan fingerprint density at radius 2 is 2.06 bits per heavy atom. The molecule has 88 valence electrons. The zero-order valence-electron chi connectivity index (χ0n) is 10.1. The number of nitrogens with zero attached hydrogens (tertiary/aromatic N) is 2. The Balaban J connectivity index is 2.03. The van der Waals surface area contributed by atoms with Crippen LogP contribution in [-0.2, 0) is 6.42 Å². The largest absolute Gasteiger partial charge is 0.390 e. The van der Waals surface area contributed by atoms with Crippen LogP contribution in [0.4, 0.5) is 5.69 Å². The number of aryl methyl sites for hydroxylation is 1. The minimum atomic E-state index is -0.479. The van der Waals surface area contributed by atoms with E-state index >= 15 is 0 Å². The summed E-state index contributed by atoms with van der Waals surface area (Å²) in [5, 5.41) is 9.88. The first-order valence-corrected chi connectivity index (χ1v) is 6.03. The van der Waals surface area contributed by atoms with Crippen molar-refractivity contribution in [2.75, 3.05) is 18.0 Å². The van der Waals surface area contributed by atoms with Crippen LogP contribution in [0.15, 0.2) is 18.3 Å². The third-order valence-corrected chi connectivity index (χ3v) is 3.38. The molecule has 0 aliphatic carbocycles. The summed E-state index contributed by atoms with van der Waals surface area (Å²) >= 11 is 0. The first-order chi connectivity index (χ1) is 7.61. The molecule has 0 saturated carbocycles. The Hall–Kier alpha value is -1.09. The predicted molar refractivity (Wildman–Crippen MR) is 65.7 cm³/mol. The van der Waals surface area contributed by atoms with Gasteiger partial charge in [0.05, 0.1) is 17.5 Å². The highest BCUT2D eigenvalue weighted by atomic mass is 16.3. The van der Waals surface area contributed by atoms with Gasteiger partial charge in [0.1, 0.15) is 0 Å². The molecule has 2 heterocycles. The molecule has 0 amide bonds. The summed E-state index contributed by atoms with van der Waals surface area (Å²) < 4.78 is 0. The molecule has 2 rings (SSSR count). The van der Waals surface area contributed by atoms with Crippen LogP contribution in [0.1, 0.15) is 32.4 Å². The fourth-order valence-corrected chi connectivity index (χ4v) is 2.06. The van der Waals surface area contributed by atoms with Crippen LogP contribution in [0.3, 0.4) is 0 Å². The molecule has 0 spiro atoms. The molecule has 0 bridgehead atoms. The van der Waals surface area contributed by atoms with Crippen LogP contribution >= 0.6 is 0 Å². The van der Waals surface area contributed by atoms with E-state index in [1.165, 1.54) is 5.69 Å². The number of anilines is 1. The average molecular weight is 220 g/mol. The summed E-state index contributed by atoms with van der Waals surface area (Å²) in [7, 11) is 0. The van der Waals surface area contributed by atoms with Gasteiger partial charge in [0, 0.05) is 18.8 Å². The van der Waals surface area contributed by atoms with Crippen molar-refractivity contribution in [1.82, 2.24) is 4.98 Å². The van der Waals surface area contributed by atoms with Crippen molar-refractivity contribution in [2.45, 2.75) is 38.7 Å². The van der Waals surface area contributed by atoms with Gasteiger partial charge in [0.15, 0.2) is 0 Å². The molecule has 3 nitrogen and oxygen atoms in total. The molecule has 1 aliphatic heterocycles. The van der Waals surface area contributed by atoms with Crippen molar-refractivity contribution in [2.24, 2.45) is 0 Å². The van der Waals surface area contributed by atoms with Crippen LogP contribution in [-0.4, -0.2) is 28.8 Å². The lowest BCUT2D eigenvalue weighted by molar-refractivity contribution is 0.0351. The fourth-order valence-electron chi connectivity index (χ4n) is 2.06. The van der Waals surface area contributed by atoms with Crippen LogP contribution in [0.25, 0.3) is 0 Å². The molecule has 16 heavy (non-hydrogen) atoms. The fraction of sp³-hybridized carbons (Fsp3) is 0.615. The smallest absolute Gasteiger partial charge is 0.0653 e. The van der Waals surface area contributed by atoms with E-state index < -0.39 is 5.60 Å². The monoisotopic (exact) mass is 220 g/mol. The lowest BCUT2D eigenvalue weighted by atomic mass is 9.93. The number of aromatic nitrogens is 1. The Kier molecular flexibility index (Phi) is 3.15. The molecule has 1 fully saturated rings. The molecule has 1 aromatic rings. The first-order valence-electron chi connectivity index (χ1n) is 6.03. The second-order valence-electron chi connectivity index (χ2n) is 4.85. The Labute approximate surface area is 97.1 Å². The highest BCUT2D eigenvalue weighted by Gasteiger charge is 2.27. The van der Waals surface area contributed by atoms with Gasteiger partial charge < -0.3 is 10.0 Å². The van der Waals surface area contributed by atoms with Crippen LogP contribution in [0.2, 0.25) is 0 Å². The van der Waals surface area contributed by atoms with E-state index in [0.29, 0.717) is 0 Å². The first kappa shape index (κ1) is 11.4. The molecular weight excluding hydrogens is 200 g/mol. The third-order valence-electron chi connectivity index (χ3n) is 3.38. The van der Waals surface area contributed by atoms with Crippen LogP contribution in [0.5, 0.6) is 0 Å². The van der Waals surface area contributed by atoms with E-state index in [-0.39, 0.29) is 0 Å². The Morgan fingerprint density at radius 1 is 1.38 bits per heavy atom. The minimum Gasteiger partial charge on any atom is -0.390 e. The van der Waals surface area contributed by atoms with Gasteiger partial charge in [-0.05, 0) is 38.3 Å². The maximum Gasteiger partial charge on any atom is 0.0653 e. The molecule has 0 aromatic carbocycles. The van der Waals surface area contributed by atoms with Crippen molar-refractivity contribution in [1.29, 1.82) is 0 Å². The van der Waals surface area contributed by atoms with Crippen molar-refractivity contribution in [3.8, 4) is 0 Å². The van der Waals surface area contributed by atoms with Crippen LogP contribution < -0.4 is 4.90 Å². The lowest BCUT2D eigenvalue weighted by Crippen LogP contribution is -2.42. The molecular formula is C13H20N2O. The Bertz CT molecular complexity index is 335. The van der Waals surface area contributed by atoms with Crippen molar-refractivity contribution in [3.05, 3.63) is 24.0 Å². The van der Waals surface area contributed by atoms with Crippen molar-refractivity contribution < 1.29 is 5.11 Å². The quantitative estimate of drug-likeness (QED) is 0.828. The molecule has 0 radical (unpaired) electrons. The average Bonchev–Trinajstić information content (AvgIpc) is 2.29. The second kappa shape index (κ2) is 4.42. The van der Waals surface area contributed by atoms with E-state index in [1.807, 2.05) is 13.1 Å². The van der Waals surface area contributed by atoms with E-state index in [1.54, 1.807) is 0 Å². The summed E-state index contributed by atoms with van der Waals surface area (Å²) in [4.78, 5) is 6.70. The number of aliphatic hydroxyl groups is 1. The summed E-state index contributed by atoms with van der Waals surface area (Å²) in [5.41, 5.74) is 1.83. The predicted octanol–water partition coefficient (Wildman–Crippen LogP) is 2.00. The van der Waals surface area contributed by atoms with Gasteiger partial charge in [-0.3, -0.25) is 4.98 Å². The van der Waals surface area contributed by atoms with E-state index in [9.17, 15) is 5.11 Å². The number of pyridine rings is 1. The molecule has 1 aromatic heterocycles. The summed E-state index contributed by atoms with van der Waals surface area (Å²) in [6.07, 6.45) is 4.60. The van der Waals surface area contributed by atoms with Gasteiger partial charge in [0.2, 0.25) is 0 Å². The standard InChI is InChI=1S/C13H20N2O/c1-3-11-4-5-12(10-14-11)15-8-6-13(2,16)7-9-15/h4-5,10,16H,3,6-9H2,1-2H3. The number of rotatable bonds is 2. The Morgan fingerprint density at radius 3 is 2.56 bits per heavy atom. The molecule has 1 saturated heterocycles. The summed E-state index contributed by atoms with van der Waals surface area (Å²) in [6.45, 7) is 5.86. The maximum absolute atomic E-state index is 9.88. The molecule has 3 heteroatoms. The number of piperidine rings is 1. The van der Waals surface area contributed by atoms with Gasteiger partial charge >= 0.3 is 0 Å². The van der Waals surface area contributed by atoms with Crippen molar-refractivity contribution in [3.63, 3.8) is 0 Å². The van der Waals surface area contributed by atoms with E-state index in [2.05, 4.69) is 28.9 Å². The number of hydrogen-bond donors (Lipinski definition) is 1. The van der Waals surface area contributed by atoms with Crippen LogP contribution in [0, 0.1) is 0 Å². The summed E-state index contributed by atoms with van der Waals surface area (Å²) in [6, 6.07) is 4.22. The molecule has 0 atom stereocenters. The van der Waals surface area contributed by atoms with Gasteiger partial charge in [-0.2, -0.15) is 0 Å². The normalized spacial score (nSPS) is 19.8. The zero-order chi connectivity index (χ0) is 11.6. The molecule has 1 N–H and O–H groups in total. The lowest BCUT2D eigenvalue weighted by Gasteiger charge is -2.36. The highest BCUT2D eigenvalue weighted by molar-refractivity contribution is 5.45. The van der Waals surface area contributed by atoms with Gasteiger partial charge in [0.25, 0.3) is 0 Å².